The second-order valence-electron chi connectivity index (χ2n) is 2.58. The molecule has 0 aliphatic carbocycles. The van der Waals surface area contributed by atoms with Crippen molar-refractivity contribution in [1.82, 2.24) is 0 Å². The highest BCUT2D eigenvalue weighted by Gasteiger charge is 2.37. The summed E-state index contributed by atoms with van der Waals surface area (Å²) < 4.78 is 24.6. The third kappa shape index (κ3) is 3.11. The Morgan fingerprint density at radius 2 is 2.00 bits per heavy atom. The van der Waals surface area contributed by atoms with E-state index >= 15 is 0 Å². The van der Waals surface area contributed by atoms with Crippen LogP contribution in [-0.4, -0.2) is 11.2 Å². The summed E-state index contributed by atoms with van der Waals surface area (Å²) in [5.41, 5.74) is 0. The Morgan fingerprint density at radius 1 is 1.60 bits per heavy atom. The Hall–Kier alpha value is -0.180. The lowest BCUT2D eigenvalue weighted by atomic mass is 10.1. The minimum atomic E-state index is -3.35. The van der Waals surface area contributed by atoms with Crippen molar-refractivity contribution in [2.45, 2.75) is 26.2 Å². The molecule has 0 aromatic carbocycles. The summed E-state index contributed by atoms with van der Waals surface area (Å²) in [6.45, 7) is 3.21. The van der Waals surface area contributed by atoms with Gasteiger partial charge in [0.1, 0.15) is 0 Å². The van der Waals surface area contributed by atoms with Crippen molar-refractivity contribution >= 4 is 16.8 Å². The molecule has 0 rings (SSSR count). The Balaban J connectivity index is 4.00. The molecule has 60 valence electrons. The van der Waals surface area contributed by atoms with Crippen LogP contribution in [0.4, 0.5) is 8.78 Å². The van der Waals surface area contributed by atoms with Crippen molar-refractivity contribution in [3.8, 4) is 0 Å². The van der Waals surface area contributed by atoms with Crippen LogP contribution in [0.3, 0.4) is 0 Å². The lowest BCUT2D eigenvalue weighted by Gasteiger charge is -2.12. The fourth-order valence-corrected chi connectivity index (χ4v) is 0.670. The van der Waals surface area contributed by atoms with Gasteiger partial charge in [0, 0.05) is 6.42 Å². The van der Waals surface area contributed by atoms with Crippen molar-refractivity contribution in [3.63, 3.8) is 0 Å². The molecular weight excluding hydrogens is 162 g/mol. The summed E-state index contributed by atoms with van der Waals surface area (Å²) in [6, 6.07) is 0. The van der Waals surface area contributed by atoms with Gasteiger partial charge in [0.25, 0.3) is 5.24 Å². The highest BCUT2D eigenvalue weighted by Crippen LogP contribution is 2.25. The van der Waals surface area contributed by atoms with Gasteiger partial charge in [-0.05, 0) is 17.5 Å². The molecule has 0 spiro atoms. The van der Waals surface area contributed by atoms with Gasteiger partial charge in [0.2, 0.25) is 0 Å². The molecule has 0 heterocycles. The largest absolute Gasteiger partial charge is 0.320 e. The van der Waals surface area contributed by atoms with E-state index in [2.05, 4.69) is 11.6 Å². The molecule has 0 fully saturated rings. The van der Waals surface area contributed by atoms with E-state index in [9.17, 15) is 13.6 Å². The van der Waals surface area contributed by atoms with Gasteiger partial charge in [-0.2, -0.15) is 8.78 Å². The molecule has 0 aromatic heterocycles. The highest BCUT2D eigenvalue weighted by atomic mass is 35.5. The van der Waals surface area contributed by atoms with E-state index in [0.717, 1.165) is 0 Å². The number of carbonyl (C=O) groups excluding carboxylic acids is 1. The minimum Gasteiger partial charge on any atom is -0.274 e. The van der Waals surface area contributed by atoms with Gasteiger partial charge in [-0.15, -0.1) is 0 Å². The molecule has 0 N–H and O–H groups in total. The summed E-state index contributed by atoms with van der Waals surface area (Å²) in [7, 11) is 0. The molecule has 0 bridgehead atoms. The summed E-state index contributed by atoms with van der Waals surface area (Å²) in [6.07, 6.45) is -0.477. The molecule has 0 aliphatic rings. The zero-order valence-electron chi connectivity index (χ0n) is 5.83. The van der Waals surface area contributed by atoms with Gasteiger partial charge < -0.3 is 0 Å². The number of hydrogen-bond donors (Lipinski definition) is 0. The highest BCUT2D eigenvalue weighted by molar-refractivity contribution is 6.65. The average molecular weight is 171 g/mol. The molecule has 1 nitrogen and oxygen atoms in total. The van der Waals surface area contributed by atoms with E-state index in [4.69, 9.17) is 0 Å². The molecule has 0 saturated carbocycles. The third-order valence-corrected chi connectivity index (χ3v) is 1.23. The van der Waals surface area contributed by atoms with Crippen LogP contribution in [0.25, 0.3) is 0 Å². The molecule has 4 heteroatoms. The van der Waals surface area contributed by atoms with Gasteiger partial charge in [0.15, 0.2) is 0 Å². The quantitative estimate of drug-likeness (QED) is 0.595. The van der Waals surface area contributed by atoms with E-state index in [0.29, 0.717) is 0 Å². The summed E-state index contributed by atoms with van der Waals surface area (Å²) in [4.78, 5) is 10.0. The molecule has 0 aliphatic heterocycles. The standard InChI is InChI=1S/C6H9ClF2O/c1-4(2)3-6(8,9)5(7)10/h4H,3H2,1-2H3. The van der Waals surface area contributed by atoms with Gasteiger partial charge in [-0.3, -0.25) is 4.79 Å². The van der Waals surface area contributed by atoms with Crippen molar-refractivity contribution in [1.29, 1.82) is 0 Å². The monoisotopic (exact) mass is 170 g/mol. The number of halogens is 3. The average Bonchev–Trinajstić information content (AvgIpc) is 1.60. The van der Waals surface area contributed by atoms with Gasteiger partial charge in [0.05, 0.1) is 0 Å². The summed E-state index contributed by atoms with van der Waals surface area (Å²) in [5, 5.41) is -1.57. The lowest BCUT2D eigenvalue weighted by Crippen LogP contribution is -2.25. The third-order valence-electron chi connectivity index (χ3n) is 0.952. The van der Waals surface area contributed by atoms with Gasteiger partial charge in [-0.25, -0.2) is 0 Å². The van der Waals surface area contributed by atoms with E-state index in [1.54, 1.807) is 13.8 Å². The van der Waals surface area contributed by atoms with Crippen molar-refractivity contribution in [2.75, 3.05) is 0 Å². The Labute approximate surface area is 63.4 Å². The minimum absolute atomic E-state index is 0.224. The summed E-state index contributed by atoms with van der Waals surface area (Å²) in [5.74, 6) is -3.58. The first kappa shape index (κ1) is 9.82. The van der Waals surface area contributed by atoms with Crippen LogP contribution in [0.5, 0.6) is 0 Å². The maximum atomic E-state index is 12.3. The fourth-order valence-electron chi connectivity index (χ4n) is 0.593. The Kier molecular flexibility index (Phi) is 3.22. The Morgan fingerprint density at radius 3 is 2.10 bits per heavy atom. The number of carbonyl (C=O) groups is 1. The molecule has 0 saturated heterocycles. The predicted molar refractivity (Wildman–Crippen MR) is 35.3 cm³/mol. The van der Waals surface area contributed by atoms with E-state index in [1.807, 2.05) is 0 Å². The van der Waals surface area contributed by atoms with Crippen molar-refractivity contribution in [2.24, 2.45) is 5.92 Å². The normalized spacial score (nSPS) is 12.2. The second kappa shape index (κ2) is 3.28. The zero-order valence-corrected chi connectivity index (χ0v) is 6.58. The van der Waals surface area contributed by atoms with E-state index < -0.39 is 17.6 Å². The maximum absolute atomic E-state index is 12.3. The lowest BCUT2D eigenvalue weighted by molar-refractivity contribution is -0.136. The molecule has 0 amide bonds. The first-order chi connectivity index (χ1) is 4.36. The van der Waals surface area contributed by atoms with Crippen LogP contribution in [0.1, 0.15) is 20.3 Å². The van der Waals surface area contributed by atoms with Gasteiger partial charge >= 0.3 is 5.92 Å². The van der Waals surface area contributed by atoms with Crippen LogP contribution in [0.2, 0.25) is 0 Å². The number of hydrogen-bond acceptors (Lipinski definition) is 1. The molecular formula is C6H9ClF2O. The topological polar surface area (TPSA) is 17.1 Å². The molecule has 0 radical (unpaired) electrons. The van der Waals surface area contributed by atoms with Crippen molar-refractivity contribution < 1.29 is 13.6 Å². The molecule has 0 atom stereocenters. The smallest absolute Gasteiger partial charge is 0.274 e. The molecule has 0 unspecified atom stereocenters. The van der Waals surface area contributed by atoms with Crippen LogP contribution >= 0.6 is 11.6 Å². The van der Waals surface area contributed by atoms with Crippen LogP contribution in [0.15, 0.2) is 0 Å². The fraction of sp³-hybridized carbons (Fsp3) is 0.833. The first-order valence-corrected chi connectivity index (χ1v) is 3.32. The summed E-state index contributed by atoms with van der Waals surface area (Å²) >= 11 is 4.62. The molecule has 10 heavy (non-hydrogen) atoms. The maximum Gasteiger partial charge on any atom is 0.320 e. The number of rotatable bonds is 3. The predicted octanol–water partition coefficient (Wildman–Crippen LogP) is 2.43. The zero-order chi connectivity index (χ0) is 8.36. The van der Waals surface area contributed by atoms with Gasteiger partial charge in [-0.1, -0.05) is 13.8 Å². The van der Waals surface area contributed by atoms with Crippen LogP contribution in [0, 0.1) is 5.92 Å². The first-order valence-electron chi connectivity index (χ1n) is 2.94. The van der Waals surface area contributed by atoms with Crippen LogP contribution < -0.4 is 0 Å². The van der Waals surface area contributed by atoms with Crippen LogP contribution in [-0.2, 0) is 4.79 Å². The molecule has 0 aromatic rings. The van der Waals surface area contributed by atoms with Crippen molar-refractivity contribution in [3.05, 3.63) is 0 Å². The Bertz CT molecular complexity index is 134. The number of alkyl halides is 2. The second-order valence-corrected chi connectivity index (χ2v) is 2.92. The SMILES string of the molecule is CC(C)CC(F)(F)C(=O)Cl. The van der Waals surface area contributed by atoms with E-state index in [1.165, 1.54) is 0 Å². The van der Waals surface area contributed by atoms with E-state index in [-0.39, 0.29) is 5.92 Å².